The molecule has 0 bridgehead atoms. The van der Waals surface area contributed by atoms with E-state index in [1.54, 1.807) is 0 Å². The molecule has 0 atom stereocenters. The molecule has 0 spiro atoms. The Kier molecular flexibility index (Phi) is 54.0. The van der Waals surface area contributed by atoms with Gasteiger partial charge in [-0.05, 0) is 37.8 Å². The third kappa shape index (κ3) is 51.2. The van der Waals surface area contributed by atoms with E-state index in [1.165, 1.54) is 218 Å². The SMILES string of the molecule is CCCCCCCCCCCCCCCCCCCCCC(=O)[O-].CCCCCCCCCCCCCCCCCCCCCC(=O)[O-].S=C(Nc1ccccc1)c1ccccc1.[Pb+2]. The van der Waals surface area contributed by atoms with Gasteiger partial charge in [-0.1, -0.05) is 306 Å². The third-order valence-corrected chi connectivity index (χ3v) is 12.4. The third-order valence-electron chi connectivity index (χ3n) is 12.0. The van der Waals surface area contributed by atoms with Crippen LogP contribution in [0.25, 0.3) is 0 Å². The van der Waals surface area contributed by atoms with Gasteiger partial charge in [0.25, 0.3) is 0 Å². The molecular weight excluding hydrogens is 1000 g/mol. The number of anilines is 1. The Labute approximate surface area is 421 Å². The molecule has 0 aliphatic carbocycles. The van der Waals surface area contributed by atoms with Crippen LogP contribution in [0, 0.1) is 0 Å². The number of aliphatic carboxylic acids is 2. The average Bonchev–Trinajstić information content (AvgIpc) is 3.29. The van der Waals surface area contributed by atoms with E-state index < -0.39 is 11.9 Å². The normalized spacial score (nSPS) is 10.5. The molecule has 0 heterocycles. The molecule has 0 amide bonds. The summed E-state index contributed by atoms with van der Waals surface area (Å²) in [6.45, 7) is 4.56. The first-order valence-electron chi connectivity index (χ1n) is 26.7. The Bertz CT molecular complexity index is 1190. The molecule has 0 aromatic heterocycles. The molecule has 1 N–H and O–H groups in total. The van der Waals surface area contributed by atoms with Crippen LogP contribution in [-0.4, -0.2) is 44.2 Å². The maximum Gasteiger partial charge on any atom is 2.00 e. The first-order chi connectivity index (χ1) is 30.9. The first-order valence-corrected chi connectivity index (χ1v) is 27.1. The van der Waals surface area contributed by atoms with Crippen LogP contribution < -0.4 is 15.5 Å². The van der Waals surface area contributed by atoms with Crippen molar-refractivity contribution in [2.75, 3.05) is 5.32 Å². The van der Waals surface area contributed by atoms with E-state index in [9.17, 15) is 19.8 Å². The van der Waals surface area contributed by atoms with Crippen LogP contribution in [0.5, 0.6) is 0 Å². The van der Waals surface area contributed by atoms with Gasteiger partial charge in [-0.2, -0.15) is 0 Å². The number of unbranched alkanes of at least 4 members (excludes halogenated alkanes) is 36. The number of thiocarbonyl (C=S) groups is 1. The Balaban J connectivity index is 0. The van der Waals surface area contributed by atoms with Crippen LogP contribution in [0.3, 0.4) is 0 Å². The van der Waals surface area contributed by atoms with Crippen molar-refractivity contribution in [3.05, 3.63) is 66.2 Å². The van der Waals surface area contributed by atoms with E-state index in [2.05, 4.69) is 19.2 Å². The molecular formula is C57H97NO4PbS. The molecule has 0 saturated carbocycles. The molecule has 2 aromatic rings. The van der Waals surface area contributed by atoms with Crippen LogP contribution in [0.4, 0.5) is 5.69 Å². The predicted octanol–water partition coefficient (Wildman–Crippen LogP) is 16.2. The Morgan fingerprint density at radius 2 is 0.594 bits per heavy atom. The molecule has 64 heavy (non-hydrogen) atoms. The summed E-state index contributed by atoms with van der Waals surface area (Å²) in [5.41, 5.74) is 2.06. The van der Waals surface area contributed by atoms with Crippen LogP contribution in [-0.2, 0) is 9.59 Å². The van der Waals surface area contributed by atoms with Gasteiger partial charge in [0.1, 0.15) is 4.99 Å². The van der Waals surface area contributed by atoms with Gasteiger partial charge in [-0.15, -0.1) is 0 Å². The molecule has 0 unspecified atom stereocenters. The van der Waals surface area contributed by atoms with E-state index >= 15 is 0 Å². The molecule has 2 aromatic carbocycles. The second-order valence-corrected chi connectivity index (χ2v) is 18.6. The Morgan fingerprint density at radius 3 is 0.828 bits per heavy atom. The largest absolute Gasteiger partial charge is 2.00 e. The fraction of sp³-hybridized carbons (Fsp3) is 0.737. The smallest absolute Gasteiger partial charge is 0.550 e. The number of carboxylic acids is 2. The molecule has 5 nitrogen and oxygen atoms in total. The number of rotatable bonds is 42. The minimum absolute atomic E-state index is 0. The number of carboxylic acid groups (broad SMARTS) is 2. The van der Waals surface area contributed by atoms with Gasteiger partial charge in [-0.3, -0.25) is 0 Å². The summed E-state index contributed by atoms with van der Waals surface area (Å²) in [4.78, 5) is 21.3. The van der Waals surface area contributed by atoms with Crippen LogP contribution in [0.2, 0.25) is 0 Å². The molecule has 0 saturated heterocycles. The molecule has 2 rings (SSSR count). The van der Waals surface area contributed by atoms with Crippen molar-refractivity contribution in [2.24, 2.45) is 0 Å². The topological polar surface area (TPSA) is 92.3 Å². The van der Waals surface area contributed by atoms with Gasteiger partial charge in [0.2, 0.25) is 0 Å². The molecule has 0 aliphatic rings. The zero-order valence-corrected chi connectivity index (χ0v) is 46.3. The van der Waals surface area contributed by atoms with E-state index in [1.807, 2.05) is 60.7 Å². The zero-order chi connectivity index (χ0) is 45.9. The number of carbonyl (C=O) groups is 2. The maximum atomic E-state index is 10.3. The van der Waals surface area contributed by atoms with Gasteiger partial charge >= 0.3 is 27.3 Å². The van der Waals surface area contributed by atoms with Crippen molar-refractivity contribution in [3.63, 3.8) is 0 Å². The molecule has 364 valence electrons. The van der Waals surface area contributed by atoms with E-state index in [-0.39, 0.29) is 40.1 Å². The number of para-hydroxylation sites is 1. The number of hydrogen-bond donors (Lipinski definition) is 1. The summed E-state index contributed by atoms with van der Waals surface area (Å²) in [5.74, 6) is -1.80. The van der Waals surface area contributed by atoms with Crippen molar-refractivity contribution in [1.29, 1.82) is 0 Å². The van der Waals surface area contributed by atoms with Gasteiger partial charge in [0.05, 0.1) is 0 Å². The minimum Gasteiger partial charge on any atom is -0.550 e. The van der Waals surface area contributed by atoms with Gasteiger partial charge in [0, 0.05) is 23.2 Å². The van der Waals surface area contributed by atoms with Crippen LogP contribution >= 0.6 is 12.2 Å². The fourth-order valence-electron chi connectivity index (χ4n) is 8.01. The van der Waals surface area contributed by atoms with Crippen LogP contribution in [0.15, 0.2) is 60.7 Å². The van der Waals surface area contributed by atoms with Crippen LogP contribution in [0.1, 0.15) is 276 Å². The molecule has 7 heteroatoms. The van der Waals surface area contributed by atoms with Gasteiger partial charge in [-0.25, -0.2) is 0 Å². The van der Waals surface area contributed by atoms with Crippen molar-refractivity contribution in [1.82, 2.24) is 0 Å². The molecule has 0 fully saturated rings. The molecule has 2 radical (unpaired) electrons. The van der Waals surface area contributed by atoms with Crippen molar-refractivity contribution >= 4 is 62.1 Å². The van der Waals surface area contributed by atoms with Crippen molar-refractivity contribution in [2.45, 2.75) is 271 Å². The molecule has 0 aliphatic heterocycles. The Morgan fingerprint density at radius 1 is 0.375 bits per heavy atom. The first kappa shape index (κ1) is 64.3. The predicted molar refractivity (Wildman–Crippen MR) is 280 cm³/mol. The Hall–Kier alpha value is -1.81. The van der Waals surface area contributed by atoms with Crippen molar-refractivity contribution in [3.8, 4) is 0 Å². The number of benzene rings is 2. The number of carbonyl (C=O) groups excluding carboxylic acids is 2. The minimum atomic E-state index is -0.901. The van der Waals surface area contributed by atoms with Crippen molar-refractivity contribution < 1.29 is 19.8 Å². The zero-order valence-electron chi connectivity index (χ0n) is 41.6. The quantitative estimate of drug-likeness (QED) is 0.0405. The summed E-state index contributed by atoms with van der Waals surface area (Å²) in [7, 11) is 0. The second kappa shape index (κ2) is 53.8. The standard InChI is InChI=1S/2C22H44O2.C13H11NS.Pb/c2*1-2-3-4-5-6-7-8-9-10-11-12-13-14-15-16-17-18-19-20-21-22(23)24;15-13(11-7-3-1-4-8-11)14-12-9-5-2-6-10-12;/h2*2-21H2,1H3,(H,23,24);1-10H,(H,14,15);/q;;;+2/p-2. The maximum absolute atomic E-state index is 10.3. The average molecular weight is 1100 g/mol. The summed E-state index contributed by atoms with van der Waals surface area (Å²) < 4.78 is 0. The summed E-state index contributed by atoms with van der Waals surface area (Å²) in [5, 5.41) is 23.7. The summed E-state index contributed by atoms with van der Waals surface area (Å²) >= 11 is 5.29. The number of hydrogen-bond acceptors (Lipinski definition) is 5. The van der Waals surface area contributed by atoms with E-state index in [4.69, 9.17) is 12.2 Å². The van der Waals surface area contributed by atoms with Gasteiger partial charge < -0.3 is 25.1 Å². The van der Waals surface area contributed by atoms with Gasteiger partial charge in [0.15, 0.2) is 0 Å². The van der Waals surface area contributed by atoms with E-state index in [0.717, 1.165) is 41.9 Å². The monoisotopic (exact) mass is 1100 g/mol. The summed E-state index contributed by atoms with van der Waals surface area (Å²) in [6, 6.07) is 19.9. The second-order valence-electron chi connectivity index (χ2n) is 18.2. The fourth-order valence-corrected chi connectivity index (χ4v) is 8.26. The number of nitrogens with one attached hydrogen (secondary N) is 1. The summed E-state index contributed by atoms with van der Waals surface area (Å²) in [6.07, 6.45) is 51.5. The van der Waals surface area contributed by atoms with E-state index in [0.29, 0.717) is 0 Å².